The summed E-state index contributed by atoms with van der Waals surface area (Å²) < 4.78 is 5.49. The van der Waals surface area contributed by atoms with E-state index in [1.807, 2.05) is 25.7 Å². The van der Waals surface area contributed by atoms with Gasteiger partial charge in [-0.3, -0.25) is 0 Å². The van der Waals surface area contributed by atoms with E-state index in [9.17, 15) is 4.79 Å². The van der Waals surface area contributed by atoms with Crippen LogP contribution in [0.5, 0.6) is 0 Å². The van der Waals surface area contributed by atoms with Crippen LogP contribution in [-0.4, -0.2) is 53.5 Å². The second-order valence-corrected chi connectivity index (χ2v) is 6.99. The van der Waals surface area contributed by atoms with Crippen molar-refractivity contribution in [1.82, 2.24) is 10.2 Å². The number of aliphatic hydroxyl groups is 1. The molecule has 1 aliphatic rings. The van der Waals surface area contributed by atoms with Crippen LogP contribution in [0, 0.1) is 0 Å². The summed E-state index contributed by atoms with van der Waals surface area (Å²) in [5, 5.41) is 12.2. The molecule has 0 aromatic rings. The number of nitrogens with zero attached hydrogens (tertiary/aromatic N) is 1. The summed E-state index contributed by atoms with van der Waals surface area (Å²) in [6, 6.07) is 0.650. The Kier molecular flexibility index (Phi) is 7.46. The van der Waals surface area contributed by atoms with Crippen LogP contribution in [0.15, 0.2) is 0 Å². The second kappa shape index (κ2) is 8.59. The SMILES string of the molecule is CC(CC1CCCN1C(=O)OC(C)(C)C)NCCCCO. The van der Waals surface area contributed by atoms with Crippen molar-refractivity contribution in [2.75, 3.05) is 19.7 Å². The first-order valence-electron chi connectivity index (χ1n) is 8.17. The van der Waals surface area contributed by atoms with Crippen molar-refractivity contribution < 1.29 is 14.6 Å². The normalized spacial score (nSPS) is 20.6. The van der Waals surface area contributed by atoms with E-state index in [-0.39, 0.29) is 18.7 Å². The lowest BCUT2D eigenvalue weighted by molar-refractivity contribution is 0.0214. The van der Waals surface area contributed by atoms with Crippen LogP contribution in [-0.2, 0) is 4.74 Å². The zero-order chi connectivity index (χ0) is 15.9. The minimum absolute atomic E-state index is 0.183. The van der Waals surface area contributed by atoms with E-state index >= 15 is 0 Å². The fourth-order valence-electron chi connectivity index (χ4n) is 2.72. The van der Waals surface area contributed by atoms with E-state index in [4.69, 9.17) is 9.84 Å². The smallest absolute Gasteiger partial charge is 0.410 e. The third-order valence-corrected chi connectivity index (χ3v) is 3.71. The van der Waals surface area contributed by atoms with Gasteiger partial charge in [0.05, 0.1) is 0 Å². The largest absolute Gasteiger partial charge is 0.444 e. The Hall–Kier alpha value is -0.810. The maximum Gasteiger partial charge on any atom is 0.410 e. The first-order valence-corrected chi connectivity index (χ1v) is 8.17. The summed E-state index contributed by atoms with van der Waals surface area (Å²) in [4.78, 5) is 14.1. The van der Waals surface area contributed by atoms with E-state index in [0.717, 1.165) is 45.2 Å². The minimum Gasteiger partial charge on any atom is -0.444 e. The lowest BCUT2D eigenvalue weighted by Gasteiger charge is -2.30. The molecule has 1 rings (SSSR count). The fraction of sp³-hybridized carbons (Fsp3) is 0.938. The molecular weight excluding hydrogens is 268 g/mol. The second-order valence-electron chi connectivity index (χ2n) is 6.99. The highest BCUT2D eigenvalue weighted by molar-refractivity contribution is 5.68. The molecule has 0 bridgehead atoms. The summed E-state index contributed by atoms with van der Waals surface area (Å²) >= 11 is 0. The first-order chi connectivity index (χ1) is 9.83. The Bertz CT molecular complexity index is 315. The molecule has 124 valence electrons. The maximum atomic E-state index is 12.2. The van der Waals surface area contributed by atoms with Gasteiger partial charge in [0.25, 0.3) is 0 Å². The summed E-state index contributed by atoms with van der Waals surface area (Å²) in [6.45, 7) is 9.84. The summed E-state index contributed by atoms with van der Waals surface area (Å²) in [5.41, 5.74) is -0.432. The number of rotatable bonds is 7. The van der Waals surface area contributed by atoms with E-state index in [0.29, 0.717) is 6.04 Å². The number of ether oxygens (including phenoxy) is 1. The van der Waals surface area contributed by atoms with E-state index in [1.165, 1.54) is 0 Å². The van der Waals surface area contributed by atoms with Crippen molar-refractivity contribution in [3.8, 4) is 0 Å². The van der Waals surface area contributed by atoms with Gasteiger partial charge in [0.15, 0.2) is 0 Å². The van der Waals surface area contributed by atoms with Gasteiger partial charge < -0.3 is 20.1 Å². The van der Waals surface area contributed by atoms with Gasteiger partial charge in [0, 0.05) is 25.2 Å². The Morgan fingerprint density at radius 3 is 2.76 bits per heavy atom. The van der Waals surface area contributed by atoms with Crippen LogP contribution in [0.1, 0.15) is 59.8 Å². The van der Waals surface area contributed by atoms with Crippen molar-refractivity contribution in [3.63, 3.8) is 0 Å². The van der Waals surface area contributed by atoms with Crippen LogP contribution >= 0.6 is 0 Å². The van der Waals surface area contributed by atoms with Crippen molar-refractivity contribution in [3.05, 3.63) is 0 Å². The van der Waals surface area contributed by atoms with Crippen molar-refractivity contribution in [2.45, 2.75) is 77.5 Å². The lowest BCUT2D eigenvalue weighted by Crippen LogP contribution is -2.42. The molecule has 2 atom stereocenters. The van der Waals surface area contributed by atoms with Gasteiger partial charge in [-0.1, -0.05) is 0 Å². The number of hydrogen-bond acceptors (Lipinski definition) is 4. The van der Waals surface area contributed by atoms with Gasteiger partial charge in [-0.05, 0) is 66.3 Å². The molecule has 0 aromatic heterocycles. The highest BCUT2D eigenvalue weighted by Gasteiger charge is 2.32. The lowest BCUT2D eigenvalue weighted by atomic mass is 10.1. The third-order valence-electron chi connectivity index (χ3n) is 3.71. The molecule has 5 nitrogen and oxygen atoms in total. The van der Waals surface area contributed by atoms with Crippen LogP contribution in [0.4, 0.5) is 4.79 Å². The highest BCUT2D eigenvalue weighted by Crippen LogP contribution is 2.24. The van der Waals surface area contributed by atoms with Gasteiger partial charge in [0.1, 0.15) is 5.60 Å². The van der Waals surface area contributed by atoms with Gasteiger partial charge in [-0.25, -0.2) is 4.79 Å². The molecular formula is C16H32N2O3. The van der Waals surface area contributed by atoms with Crippen molar-refractivity contribution in [1.29, 1.82) is 0 Å². The van der Waals surface area contributed by atoms with Gasteiger partial charge in [-0.2, -0.15) is 0 Å². The Balaban J connectivity index is 2.37. The molecule has 1 fully saturated rings. The number of aliphatic hydroxyl groups excluding tert-OH is 1. The molecule has 0 saturated carbocycles. The molecule has 21 heavy (non-hydrogen) atoms. The van der Waals surface area contributed by atoms with E-state index in [1.54, 1.807) is 0 Å². The number of likely N-dealkylation sites (tertiary alicyclic amines) is 1. The number of nitrogens with one attached hydrogen (secondary N) is 1. The number of hydrogen-bond donors (Lipinski definition) is 2. The summed E-state index contributed by atoms with van der Waals surface area (Å²) in [5.74, 6) is 0. The number of unbranched alkanes of at least 4 members (excludes halogenated alkanes) is 1. The van der Waals surface area contributed by atoms with Crippen LogP contribution < -0.4 is 5.32 Å². The molecule has 0 aromatic carbocycles. The molecule has 1 saturated heterocycles. The average molecular weight is 300 g/mol. The zero-order valence-corrected chi connectivity index (χ0v) is 14.0. The van der Waals surface area contributed by atoms with Gasteiger partial charge >= 0.3 is 6.09 Å². The standard InChI is InChI=1S/C16H32N2O3/c1-13(17-9-5-6-11-19)12-14-8-7-10-18(14)15(20)21-16(2,3)4/h13-14,17,19H,5-12H2,1-4H3. The molecule has 2 N–H and O–H groups in total. The monoisotopic (exact) mass is 300 g/mol. The summed E-state index contributed by atoms with van der Waals surface area (Å²) in [7, 11) is 0. The molecule has 1 amide bonds. The van der Waals surface area contributed by atoms with Gasteiger partial charge in [-0.15, -0.1) is 0 Å². The predicted octanol–water partition coefficient (Wildman–Crippen LogP) is 2.53. The van der Waals surface area contributed by atoms with Gasteiger partial charge in [0.2, 0.25) is 0 Å². The average Bonchev–Trinajstić information content (AvgIpc) is 2.81. The Morgan fingerprint density at radius 2 is 2.14 bits per heavy atom. The topological polar surface area (TPSA) is 61.8 Å². The quantitative estimate of drug-likeness (QED) is 0.709. The predicted molar refractivity (Wildman–Crippen MR) is 84.4 cm³/mol. The van der Waals surface area contributed by atoms with Crippen LogP contribution in [0.2, 0.25) is 0 Å². The molecule has 5 heteroatoms. The van der Waals surface area contributed by atoms with E-state index in [2.05, 4.69) is 12.2 Å². The summed E-state index contributed by atoms with van der Waals surface area (Å²) in [6.07, 6.45) is 4.72. The number of carbonyl (C=O) groups excluding carboxylic acids is 1. The first kappa shape index (κ1) is 18.2. The van der Waals surface area contributed by atoms with Crippen LogP contribution in [0.3, 0.4) is 0 Å². The zero-order valence-electron chi connectivity index (χ0n) is 14.0. The number of amides is 1. The minimum atomic E-state index is -0.432. The number of carbonyl (C=O) groups is 1. The molecule has 0 radical (unpaired) electrons. The highest BCUT2D eigenvalue weighted by atomic mass is 16.6. The van der Waals surface area contributed by atoms with Crippen molar-refractivity contribution >= 4 is 6.09 Å². The Morgan fingerprint density at radius 1 is 1.43 bits per heavy atom. The fourth-order valence-corrected chi connectivity index (χ4v) is 2.72. The van der Waals surface area contributed by atoms with Crippen molar-refractivity contribution in [2.24, 2.45) is 0 Å². The Labute approximate surface area is 129 Å². The maximum absolute atomic E-state index is 12.2. The van der Waals surface area contributed by atoms with Crippen LogP contribution in [0.25, 0.3) is 0 Å². The third kappa shape index (κ3) is 7.14. The molecule has 1 heterocycles. The molecule has 1 aliphatic heterocycles. The van der Waals surface area contributed by atoms with E-state index < -0.39 is 5.60 Å². The molecule has 0 spiro atoms. The molecule has 0 aliphatic carbocycles. The molecule has 2 unspecified atom stereocenters.